The van der Waals surface area contributed by atoms with Gasteiger partial charge < -0.3 is 5.32 Å². The highest BCUT2D eigenvalue weighted by Gasteiger charge is 1.96. The van der Waals surface area contributed by atoms with Crippen molar-refractivity contribution < 1.29 is 0 Å². The van der Waals surface area contributed by atoms with Crippen LogP contribution in [0.25, 0.3) is 0 Å². The molecule has 1 rings (SSSR count). The number of aryl methyl sites for hydroxylation is 2. The lowest BCUT2D eigenvalue weighted by Crippen LogP contribution is -2.24. The molecule has 0 fully saturated rings. The lowest BCUT2D eigenvalue weighted by atomic mass is 10.4. The van der Waals surface area contributed by atoms with Crippen LogP contribution in [-0.4, -0.2) is 23.4 Å². The van der Waals surface area contributed by atoms with Gasteiger partial charge in [-0.1, -0.05) is 0 Å². The second-order valence-corrected chi connectivity index (χ2v) is 2.99. The van der Waals surface area contributed by atoms with Crippen molar-refractivity contribution in [2.75, 3.05) is 13.6 Å². The lowest BCUT2D eigenvalue weighted by Gasteiger charge is -2.03. The molecule has 0 spiro atoms. The third kappa shape index (κ3) is 2.99. The molecule has 0 aliphatic heterocycles. The lowest BCUT2D eigenvalue weighted by molar-refractivity contribution is 0.531. The van der Waals surface area contributed by atoms with E-state index < -0.39 is 0 Å². The maximum Gasteiger partial charge on any atom is 0.266 e. The van der Waals surface area contributed by atoms with Crippen molar-refractivity contribution in [2.45, 2.75) is 19.9 Å². The first-order valence-corrected chi connectivity index (χ1v) is 4.43. The Morgan fingerprint density at radius 3 is 3.00 bits per heavy atom. The fraction of sp³-hybridized carbons (Fsp3) is 0.556. The monoisotopic (exact) mass is 181 g/mol. The van der Waals surface area contributed by atoms with Crippen LogP contribution in [0.15, 0.2) is 16.9 Å². The first-order valence-electron chi connectivity index (χ1n) is 4.43. The van der Waals surface area contributed by atoms with Crippen LogP contribution in [-0.2, 0) is 6.54 Å². The summed E-state index contributed by atoms with van der Waals surface area (Å²) in [5.41, 5.74) is 0.853. The van der Waals surface area contributed by atoms with Gasteiger partial charge in [0.15, 0.2) is 0 Å². The van der Waals surface area contributed by atoms with E-state index in [9.17, 15) is 4.79 Å². The number of hydrogen-bond acceptors (Lipinski definition) is 3. The van der Waals surface area contributed by atoms with Crippen LogP contribution in [0.3, 0.4) is 0 Å². The Hall–Kier alpha value is -1.16. The van der Waals surface area contributed by atoms with Crippen LogP contribution < -0.4 is 10.9 Å². The van der Waals surface area contributed by atoms with Crippen LogP contribution in [0.4, 0.5) is 0 Å². The minimum absolute atomic E-state index is 0.0262. The minimum Gasteiger partial charge on any atom is -0.320 e. The summed E-state index contributed by atoms with van der Waals surface area (Å²) in [5, 5.41) is 7.15. The van der Waals surface area contributed by atoms with Gasteiger partial charge in [0.2, 0.25) is 0 Å². The second-order valence-electron chi connectivity index (χ2n) is 2.99. The van der Waals surface area contributed by atoms with E-state index in [4.69, 9.17) is 0 Å². The summed E-state index contributed by atoms with van der Waals surface area (Å²) in [5.74, 6) is 0. The zero-order valence-corrected chi connectivity index (χ0v) is 8.08. The van der Waals surface area contributed by atoms with Crippen LogP contribution in [0.1, 0.15) is 12.1 Å². The molecule has 1 aromatic rings. The predicted octanol–water partition coefficient (Wildman–Crippen LogP) is 0.161. The fourth-order valence-electron chi connectivity index (χ4n) is 1.12. The normalized spacial score (nSPS) is 10.3. The molecule has 0 saturated carbocycles. The Balaban J connectivity index is 2.65. The number of nitrogens with zero attached hydrogens (tertiary/aromatic N) is 2. The van der Waals surface area contributed by atoms with E-state index in [1.165, 1.54) is 4.68 Å². The van der Waals surface area contributed by atoms with E-state index in [0.29, 0.717) is 6.54 Å². The summed E-state index contributed by atoms with van der Waals surface area (Å²) < 4.78 is 1.51. The molecule has 0 saturated heterocycles. The molecule has 4 nitrogen and oxygen atoms in total. The Bertz CT molecular complexity index is 319. The number of hydrogen-bond donors (Lipinski definition) is 1. The molecule has 0 aliphatic carbocycles. The van der Waals surface area contributed by atoms with Gasteiger partial charge in [-0.25, -0.2) is 4.68 Å². The Morgan fingerprint density at radius 2 is 2.31 bits per heavy atom. The number of nitrogens with one attached hydrogen (secondary N) is 1. The van der Waals surface area contributed by atoms with Crippen molar-refractivity contribution in [3.63, 3.8) is 0 Å². The maximum atomic E-state index is 11.2. The number of rotatable bonds is 4. The molecule has 1 heterocycles. The summed E-state index contributed by atoms with van der Waals surface area (Å²) >= 11 is 0. The highest BCUT2D eigenvalue weighted by Crippen LogP contribution is 1.87. The maximum absolute atomic E-state index is 11.2. The zero-order chi connectivity index (χ0) is 9.68. The highest BCUT2D eigenvalue weighted by molar-refractivity contribution is 4.96. The van der Waals surface area contributed by atoms with Gasteiger partial charge in [-0.2, -0.15) is 5.10 Å². The summed E-state index contributed by atoms with van der Waals surface area (Å²) in [6.45, 7) is 3.47. The van der Waals surface area contributed by atoms with Crippen molar-refractivity contribution in [3.8, 4) is 0 Å². The largest absolute Gasteiger partial charge is 0.320 e. The topological polar surface area (TPSA) is 46.9 Å². The molecule has 0 unspecified atom stereocenters. The van der Waals surface area contributed by atoms with Crippen molar-refractivity contribution in [1.82, 2.24) is 15.1 Å². The Labute approximate surface area is 77.6 Å². The molecule has 0 radical (unpaired) electrons. The first kappa shape index (κ1) is 9.92. The standard InChI is InChI=1S/C9H15N3O/c1-8-4-5-9(13)12(11-8)7-3-6-10-2/h4-5,10H,3,6-7H2,1-2H3. The second kappa shape index (κ2) is 4.77. The molecule has 1 aromatic heterocycles. The van der Waals surface area contributed by atoms with Crippen molar-refractivity contribution in [3.05, 3.63) is 28.2 Å². The average Bonchev–Trinajstić information content (AvgIpc) is 2.11. The smallest absolute Gasteiger partial charge is 0.266 e. The predicted molar refractivity (Wildman–Crippen MR) is 51.8 cm³/mol. The summed E-state index contributed by atoms with van der Waals surface area (Å²) in [7, 11) is 1.90. The summed E-state index contributed by atoms with van der Waals surface area (Å²) in [4.78, 5) is 11.2. The summed E-state index contributed by atoms with van der Waals surface area (Å²) in [6, 6.07) is 3.29. The van der Waals surface area contributed by atoms with Gasteiger partial charge in [-0.3, -0.25) is 4.79 Å². The summed E-state index contributed by atoms with van der Waals surface area (Å²) in [6.07, 6.45) is 0.923. The molecule has 72 valence electrons. The molecule has 1 N–H and O–H groups in total. The Morgan fingerprint density at radius 1 is 1.54 bits per heavy atom. The fourth-order valence-corrected chi connectivity index (χ4v) is 1.12. The Kier molecular flexibility index (Phi) is 3.64. The highest BCUT2D eigenvalue weighted by atomic mass is 16.1. The zero-order valence-electron chi connectivity index (χ0n) is 8.08. The van der Waals surface area contributed by atoms with E-state index in [0.717, 1.165) is 18.7 Å². The molecule has 4 heteroatoms. The van der Waals surface area contributed by atoms with Gasteiger partial charge in [-0.05, 0) is 33.0 Å². The van der Waals surface area contributed by atoms with E-state index in [1.807, 2.05) is 14.0 Å². The van der Waals surface area contributed by atoms with Crippen LogP contribution in [0, 0.1) is 6.92 Å². The van der Waals surface area contributed by atoms with Crippen molar-refractivity contribution >= 4 is 0 Å². The quantitative estimate of drug-likeness (QED) is 0.673. The molecule has 0 bridgehead atoms. The van der Waals surface area contributed by atoms with Crippen LogP contribution in [0.5, 0.6) is 0 Å². The van der Waals surface area contributed by atoms with Crippen molar-refractivity contribution in [1.29, 1.82) is 0 Å². The van der Waals surface area contributed by atoms with Gasteiger partial charge in [0.1, 0.15) is 0 Å². The van der Waals surface area contributed by atoms with Gasteiger partial charge in [-0.15, -0.1) is 0 Å². The average molecular weight is 181 g/mol. The minimum atomic E-state index is -0.0262. The molecule has 0 atom stereocenters. The first-order chi connectivity index (χ1) is 6.24. The molecule has 0 aliphatic rings. The van der Waals surface area contributed by atoms with E-state index in [2.05, 4.69) is 10.4 Å². The van der Waals surface area contributed by atoms with Gasteiger partial charge >= 0.3 is 0 Å². The molecule has 0 amide bonds. The van der Waals surface area contributed by atoms with Gasteiger partial charge in [0.25, 0.3) is 5.56 Å². The van der Waals surface area contributed by atoms with Gasteiger partial charge in [0, 0.05) is 12.6 Å². The van der Waals surface area contributed by atoms with Crippen LogP contribution in [0.2, 0.25) is 0 Å². The SMILES string of the molecule is CNCCCn1nc(C)ccc1=O. The van der Waals surface area contributed by atoms with Crippen LogP contribution >= 0.6 is 0 Å². The molecular weight excluding hydrogens is 166 g/mol. The third-order valence-electron chi connectivity index (χ3n) is 1.80. The van der Waals surface area contributed by atoms with E-state index in [1.54, 1.807) is 12.1 Å². The van der Waals surface area contributed by atoms with Gasteiger partial charge in [0.05, 0.1) is 5.69 Å². The van der Waals surface area contributed by atoms with Crippen molar-refractivity contribution in [2.24, 2.45) is 0 Å². The van der Waals surface area contributed by atoms with E-state index in [-0.39, 0.29) is 5.56 Å². The number of aromatic nitrogens is 2. The molecule has 0 aromatic carbocycles. The van der Waals surface area contributed by atoms with E-state index >= 15 is 0 Å². The molecular formula is C9H15N3O. The third-order valence-corrected chi connectivity index (χ3v) is 1.80. The molecule has 13 heavy (non-hydrogen) atoms.